The molecule has 0 heterocycles. The first kappa shape index (κ1) is 14.6. The Kier molecular flexibility index (Phi) is 5.27. The molecule has 0 rings (SSSR count). The quantitative estimate of drug-likeness (QED) is 0.649. The summed E-state index contributed by atoms with van der Waals surface area (Å²) in [5.41, 5.74) is 0. The molecule has 0 saturated heterocycles. The van der Waals surface area contributed by atoms with Crippen molar-refractivity contribution < 1.29 is 0 Å². The van der Waals surface area contributed by atoms with E-state index >= 15 is 0 Å². The Bertz CT molecular complexity index is 200. The second-order valence-electron chi connectivity index (χ2n) is 6.21. The Balaban J connectivity index is 4.10. The summed E-state index contributed by atoms with van der Waals surface area (Å²) in [4.78, 5) is 0. The summed E-state index contributed by atoms with van der Waals surface area (Å²) in [5.74, 6) is 14.5. The van der Waals surface area contributed by atoms with Crippen molar-refractivity contribution in [1.29, 1.82) is 0 Å². The molecule has 0 spiro atoms. The van der Waals surface area contributed by atoms with Crippen molar-refractivity contribution in [2.24, 2.45) is 0 Å². The summed E-state index contributed by atoms with van der Waals surface area (Å²) in [6, 6.07) is 0. The summed E-state index contributed by atoms with van der Waals surface area (Å²) in [7, 11) is 0. The topological polar surface area (TPSA) is 0 Å². The van der Waals surface area contributed by atoms with Gasteiger partial charge in [0, 0.05) is 0 Å². The van der Waals surface area contributed by atoms with E-state index in [2.05, 4.69) is 47.7 Å². The maximum atomic E-state index is 4.24. The minimum atomic E-state index is -1.58. The van der Waals surface area contributed by atoms with Crippen LogP contribution in [0.4, 0.5) is 0 Å². The molecule has 14 heavy (non-hydrogen) atoms. The molecular formula is C12H26Ge2. The van der Waals surface area contributed by atoms with Gasteiger partial charge in [0.05, 0.1) is 0 Å². The molecule has 0 amide bonds. The van der Waals surface area contributed by atoms with E-state index in [1.165, 1.54) is 21.7 Å². The molecule has 0 fully saturated rings. The van der Waals surface area contributed by atoms with Crippen molar-refractivity contribution in [3.05, 3.63) is 22.0 Å². The standard InChI is InChI=1S/C12H26Ge2/c1-11(13(3,4)5)9-10-12(2)14(6,7)8/h1-2,9-10H2,3-8H3. The molecule has 0 aliphatic heterocycles. The Labute approximate surface area is 95.6 Å². The van der Waals surface area contributed by atoms with Crippen LogP contribution in [0.1, 0.15) is 12.8 Å². The number of rotatable bonds is 5. The molecule has 0 unspecified atom stereocenters. The summed E-state index contributed by atoms with van der Waals surface area (Å²) >= 11 is -3.15. The predicted molar refractivity (Wildman–Crippen MR) is 74.2 cm³/mol. The predicted octanol–water partition coefficient (Wildman–Crippen LogP) is 4.63. The molecule has 0 nitrogen and oxygen atoms in total. The molecular weight excluding hydrogens is 289 g/mol. The molecule has 0 aliphatic rings. The van der Waals surface area contributed by atoms with E-state index in [1.54, 1.807) is 0 Å². The van der Waals surface area contributed by atoms with E-state index in [0.29, 0.717) is 0 Å². The van der Waals surface area contributed by atoms with Crippen LogP contribution >= 0.6 is 0 Å². The van der Waals surface area contributed by atoms with E-state index in [1.807, 2.05) is 0 Å². The van der Waals surface area contributed by atoms with Gasteiger partial charge in [-0.15, -0.1) is 0 Å². The zero-order valence-electron chi connectivity index (χ0n) is 10.8. The summed E-state index contributed by atoms with van der Waals surface area (Å²) in [6.45, 7) is 8.49. The molecule has 0 aromatic carbocycles. The molecule has 0 aromatic rings. The SMILES string of the molecule is C=[C](CC[C](=C)[Ge]([CH3])([CH3])[CH3])[Ge]([CH3])([CH3])[CH3]. The van der Waals surface area contributed by atoms with Crippen LogP contribution in [0.15, 0.2) is 22.0 Å². The van der Waals surface area contributed by atoms with Crippen LogP contribution in [0.25, 0.3) is 0 Å². The average Bonchev–Trinajstić information content (AvgIpc) is 1.95. The van der Waals surface area contributed by atoms with Crippen LogP contribution in [-0.4, -0.2) is 26.5 Å². The second-order valence-corrected chi connectivity index (χ2v) is 28.1. The van der Waals surface area contributed by atoms with Gasteiger partial charge in [0.15, 0.2) is 0 Å². The molecule has 0 aromatic heterocycles. The van der Waals surface area contributed by atoms with E-state index in [-0.39, 0.29) is 0 Å². The molecule has 0 radical (unpaired) electrons. The summed E-state index contributed by atoms with van der Waals surface area (Å²) in [6.07, 6.45) is 2.40. The van der Waals surface area contributed by atoms with Crippen molar-refractivity contribution >= 4 is 26.5 Å². The van der Waals surface area contributed by atoms with Gasteiger partial charge in [-0.25, -0.2) is 0 Å². The van der Waals surface area contributed by atoms with E-state index in [4.69, 9.17) is 0 Å². The fraction of sp³-hybridized carbons (Fsp3) is 0.667. The van der Waals surface area contributed by atoms with Gasteiger partial charge in [-0.05, 0) is 0 Å². The van der Waals surface area contributed by atoms with Gasteiger partial charge in [0.1, 0.15) is 0 Å². The van der Waals surface area contributed by atoms with Gasteiger partial charge in [-0.1, -0.05) is 0 Å². The van der Waals surface area contributed by atoms with E-state index in [0.717, 1.165) is 0 Å². The van der Waals surface area contributed by atoms with Crippen molar-refractivity contribution in [1.82, 2.24) is 0 Å². The minimum absolute atomic E-state index is 1.20. The third kappa shape index (κ3) is 5.45. The van der Waals surface area contributed by atoms with Crippen LogP contribution in [0, 0.1) is 0 Å². The molecule has 0 N–H and O–H groups in total. The zero-order chi connectivity index (χ0) is 11.6. The van der Waals surface area contributed by atoms with Crippen molar-refractivity contribution in [3.8, 4) is 0 Å². The van der Waals surface area contributed by atoms with Crippen LogP contribution < -0.4 is 0 Å². The summed E-state index contributed by atoms with van der Waals surface area (Å²) in [5, 5.41) is 0. The molecule has 0 aliphatic carbocycles. The van der Waals surface area contributed by atoms with Gasteiger partial charge in [0.2, 0.25) is 0 Å². The third-order valence-electron chi connectivity index (χ3n) is 2.85. The first-order valence-electron chi connectivity index (χ1n) is 5.41. The summed E-state index contributed by atoms with van der Waals surface area (Å²) < 4.78 is 3.08. The van der Waals surface area contributed by atoms with E-state index < -0.39 is 26.5 Å². The number of hydrogen-bond donors (Lipinski definition) is 0. The number of hydrogen-bond acceptors (Lipinski definition) is 0. The molecule has 0 saturated carbocycles. The average molecular weight is 316 g/mol. The van der Waals surface area contributed by atoms with Crippen LogP contribution in [0.5, 0.6) is 0 Å². The Morgan fingerprint density at radius 1 is 0.714 bits per heavy atom. The Morgan fingerprint density at radius 3 is 1.07 bits per heavy atom. The fourth-order valence-corrected chi connectivity index (χ4v) is 4.72. The fourth-order valence-electron chi connectivity index (χ4n) is 1.05. The van der Waals surface area contributed by atoms with Gasteiger partial charge < -0.3 is 0 Å². The maximum absolute atomic E-state index is 4.24. The van der Waals surface area contributed by atoms with Crippen molar-refractivity contribution in [3.63, 3.8) is 0 Å². The number of allylic oxidation sites excluding steroid dienone is 2. The molecule has 82 valence electrons. The van der Waals surface area contributed by atoms with Crippen LogP contribution in [0.2, 0.25) is 34.5 Å². The first-order valence-corrected chi connectivity index (χ1v) is 20.1. The van der Waals surface area contributed by atoms with Gasteiger partial charge in [0.25, 0.3) is 0 Å². The second kappa shape index (κ2) is 5.06. The third-order valence-corrected chi connectivity index (χ3v) is 12.8. The molecule has 2 heteroatoms. The Hall–Kier alpha value is 0.566. The van der Waals surface area contributed by atoms with Gasteiger partial charge in [-0.2, -0.15) is 0 Å². The molecule has 0 atom stereocenters. The molecule has 0 bridgehead atoms. The van der Waals surface area contributed by atoms with Crippen LogP contribution in [0.3, 0.4) is 0 Å². The monoisotopic (exact) mass is 318 g/mol. The zero-order valence-corrected chi connectivity index (χ0v) is 15.0. The van der Waals surface area contributed by atoms with Crippen molar-refractivity contribution in [2.45, 2.75) is 47.4 Å². The normalized spacial score (nSPS) is 12.7. The van der Waals surface area contributed by atoms with Gasteiger partial charge in [-0.3, -0.25) is 0 Å². The first-order chi connectivity index (χ1) is 6.05. The van der Waals surface area contributed by atoms with Crippen LogP contribution in [-0.2, 0) is 0 Å². The van der Waals surface area contributed by atoms with Gasteiger partial charge >= 0.3 is 95.9 Å². The van der Waals surface area contributed by atoms with E-state index in [9.17, 15) is 0 Å². The Morgan fingerprint density at radius 2 is 0.929 bits per heavy atom. The van der Waals surface area contributed by atoms with Crippen molar-refractivity contribution in [2.75, 3.05) is 0 Å².